The predicted octanol–water partition coefficient (Wildman–Crippen LogP) is 6.71. The molecule has 0 amide bonds. The van der Waals surface area contributed by atoms with Gasteiger partial charge in [0, 0.05) is 6.42 Å². The summed E-state index contributed by atoms with van der Waals surface area (Å²) in [6.07, 6.45) is 6.75. The average Bonchev–Trinajstić information content (AvgIpc) is 2.58. The van der Waals surface area contributed by atoms with Crippen molar-refractivity contribution in [1.29, 1.82) is 0 Å². The fraction of sp³-hybridized carbons (Fsp3) is 0.692. The zero-order chi connectivity index (χ0) is 23.3. The fourth-order valence-electron chi connectivity index (χ4n) is 3.32. The smallest absolute Gasteiger partial charge is 0.335 e. The second-order valence-electron chi connectivity index (χ2n) is 10.5. The van der Waals surface area contributed by atoms with E-state index in [1.807, 2.05) is 27.7 Å². The number of hydrogen-bond donors (Lipinski definition) is 0. The molecule has 0 aromatic carbocycles. The monoisotopic (exact) mass is 418 g/mol. The van der Waals surface area contributed by atoms with E-state index in [1.165, 1.54) is 11.1 Å². The van der Waals surface area contributed by atoms with Crippen LogP contribution in [-0.4, -0.2) is 24.1 Å². The van der Waals surface area contributed by atoms with Gasteiger partial charge in [0.25, 0.3) is 0 Å². The first-order chi connectivity index (χ1) is 13.6. The number of rotatable bonds is 8. The molecule has 0 saturated carbocycles. The molecular weight excluding hydrogens is 376 g/mol. The van der Waals surface area contributed by atoms with Crippen LogP contribution in [0.3, 0.4) is 0 Å². The molecule has 0 aromatic rings. The van der Waals surface area contributed by atoms with E-state index in [1.54, 1.807) is 0 Å². The van der Waals surface area contributed by atoms with Crippen LogP contribution in [0.1, 0.15) is 94.9 Å². The Morgan fingerprint density at radius 1 is 0.967 bits per heavy atom. The predicted molar refractivity (Wildman–Crippen MR) is 123 cm³/mol. The molecule has 1 aliphatic rings. The van der Waals surface area contributed by atoms with Gasteiger partial charge in [-0.05, 0) is 64.7 Å². The van der Waals surface area contributed by atoms with Crippen LogP contribution in [0.25, 0.3) is 0 Å². The number of carbonyl (C=O) groups is 2. The average molecular weight is 419 g/mol. The summed E-state index contributed by atoms with van der Waals surface area (Å²) in [7, 11) is 0. The van der Waals surface area contributed by atoms with E-state index in [0.717, 1.165) is 12.8 Å². The van der Waals surface area contributed by atoms with Gasteiger partial charge in [0.15, 0.2) is 0 Å². The van der Waals surface area contributed by atoms with Gasteiger partial charge < -0.3 is 9.47 Å². The van der Waals surface area contributed by atoms with E-state index < -0.39 is 11.9 Å². The fourth-order valence-corrected chi connectivity index (χ4v) is 3.32. The van der Waals surface area contributed by atoms with E-state index >= 15 is 0 Å². The minimum absolute atomic E-state index is 0.0779. The Bertz CT molecular complexity index is 725. The molecule has 0 bridgehead atoms. The second-order valence-corrected chi connectivity index (χ2v) is 10.5. The first kappa shape index (κ1) is 26.2. The van der Waals surface area contributed by atoms with Crippen LogP contribution in [0.2, 0.25) is 0 Å². The largest absolute Gasteiger partial charge is 0.460 e. The molecule has 0 aromatic heterocycles. The Morgan fingerprint density at radius 3 is 1.93 bits per heavy atom. The zero-order valence-electron chi connectivity index (χ0n) is 20.8. The third-order valence-corrected chi connectivity index (χ3v) is 5.73. The molecule has 0 spiro atoms. The third-order valence-electron chi connectivity index (χ3n) is 5.73. The van der Waals surface area contributed by atoms with Gasteiger partial charge in [-0.15, -0.1) is 0 Å². The Balaban J connectivity index is 3.05. The number of carbonyl (C=O) groups excluding carboxylic acids is 2. The van der Waals surface area contributed by atoms with Crippen molar-refractivity contribution in [2.45, 2.75) is 107 Å². The van der Waals surface area contributed by atoms with E-state index in [4.69, 9.17) is 9.47 Å². The Labute approximate surface area is 183 Å². The van der Waals surface area contributed by atoms with Crippen molar-refractivity contribution in [3.63, 3.8) is 0 Å². The van der Waals surface area contributed by atoms with Crippen LogP contribution in [-0.2, 0) is 19.1 Å². The van der Waals surface area contributed by atoms with E-state index in [9.17, 15) is 9.59 Å². The summed E-state index contributed by atoms with van der Waals surface area (Å²) in [4.78, 5) is 25.4. The summed E-state index contributed by atoms with van der Waals surface area (Å²) in [6.45, 7) is 20.5. The molecule has 0 saturated heterocycles. The van der Waals surface area contributed by atoms with Crippen molar-refractivity contribution in [3.05, 3.63) is 34.4 Å². The summed E-state index contributed by atoms with van der Waals surface area (Å²) in [5, 5.41) is 0. The maximum atomic E-state index is 12.8. The molecule has 4 nitrogen and oxygen atoms in total. The van der Waals surface area contributed by atoms with Gasteiger partial charge in [0.05, 0.1) is 23.4 Å². The first-order valence-electron chi connectivity index (χ1n) is 11.2. The van der Waals surface area contributed by atoms with Crippen LogP contribution in [0, 0.1) is 10.8 Å². The molecule has 4 heteroatoms. The second kappa shape index (κ2) is 10.5. The van der Waals surface area contributed by atoms with Gasteiger partial charge in [0.2, 0.25) is 0 Å². The molecule has 0 aliphatic heterocycles. The van der Waals surface area contributed by atoms with Crippen LogP contribution < -0.4 is 0 Å². The van der Waals surface area contributed by atoms with Gasteiger partial charge in [-0.3, -0.25) is 0 Å². The zero-order valence-corrected chi connectivity index (χ0v) is 20.8. The minimum Gasteiger partial charge on any atom is -0.460 e. The lowest BCUT2D eigenvalue weighted by Gasteiger charge is -2.32. The molecule has 0 N–H and O–H groups in total. The quantitative estimate of drug-likeness (QED) is 0.325. The van der Waals surface area contributed by atoms with E-state index in [-0.39, 0.29) is 23.0 Å². The SMILES string of the molecule is C/C(=C\CCC(C)(C)C1=CCC(C(=O)OC(C)C)=C(C(=O)OC(C)C)C1)C(C)(C)C. The summed E-state index contributed by atoms with van der Waals surface area (Å²) in [6, 6.07) is 0. The van der Waals surface area contributed by atoms with Crippen molar-refractivity contribution >= 4 is 11.9 Å². The summed E-state index contributed by atoms with van der Waals surface area (Å²) < 4.78 is 10.8. The standard InChI is InChI=1S/C26H42O4/c1-17(2)29-23(27)21-14-13-20(16-22(21)24(28)30-18(3)4)26(9,10)15-11-12-19(5)25(6,7)8/h12-13,17-18H,11,14-16H2,1-10H3/b19-12+. The molecule has 1 aliphatic carbocycles. The Morgan fingerprint density at radius 2 is 1.47 bits per heavy atom. The van der Waals surface area contributed by atoms with Crippen LogP contribution >= 0.6 is 0 Å². The molecule has 0 heterocycles. The first-order valence-corrected chi connectivity index (χ1v) is 11.2. The summed E-state index contributed by atoms with van der Waals surface area (Å²) in [5.41, 5.74) is 3.54. The van der Waals surface area contributed by atoms with Crippen LogP contribution in [0.5, 0.6) is 0 Å². The molecule has 0 unspecified atom stereocenters. The summed E-state index contributed by atoms with van der Waals surface area (Å²) in [5.74, 6) is -0.830. The lowest BCUT2D eigenvalue weighted by atomic mass is 9.73. The lowest BCUT2D eigenvalue weighted by molar-refractivity contribution is -0.146. The van der Waals surface area contributed by atoms with Gasteiger partial charge in [-0.25, -0.2) is 9.59 Å². The number of esters is 2. The van der Waals surface area contributed by atoms with Crippen molar-refractivity contribution < 1.29 is 19.1 Å². The summed E-state index contributed by atoms with van der Waals surface area (Å²) >= 11 is 0. The van der Waals surface area contributed by atoms with Gasteiger partial charge in [-0.1, -0.05) is 57.9 Å². The molecule has 0 fully saturated rings. The van der Waals surface area contributed by atoms with E-state index in [2.05, 4.69) is 53.7 Å². The van der Waals surface area contributed by atoms with Gasteiger partial charge >= 0.3 is 11.9 Å². The van der Waals surface area contributed by atoms with Crippen molar-refractivity contribution in [1.82, 2.24) is 0 Å². The maximum Gasteiger partial charge on any atom is 0.335 e. The van der Waals surface area contributed by atoms with Gasteiger partial charge in [-0.2, -0.15) is 0 Å². The van der Waals surface area contributed by atoms with Crippen molar-refractivity contribution in [2.75, 3.05) is 0 Å². The third kappa shape index (κ3) is 7.77. The highest BCUT2D eigenvalue weighted by atomic mass is 16.5. The topological polar surface area (TPSA) is 52.6 Å². The van der Waals surface area contributed by atoms with Gasteiger partial charge in [0.1, 0.15) is 0 Å². The van der Waals surface area contributed by atoms with Crippen molar-refractivity contribution in [3.8, 4) is 0 Å². The molecule has 0 radical (unpaired) electrons. The number of ether oxygens (including phenoxy) is 2. The molecule has 0 atom stereocenters. The molecule has 1 rings (SSSR count). The molecule has 170 valence electrons. The highest BCUT2D eigenvalue weighted by Crippen LogP contribution is 2.40. The highest BCUT2D eigenvalue weighted by Gasteiger charge is 2.33. The molecule has 30 heavy (non-hydrogen) atoms. The van der Waals surface area contributed by atoms with E-state index in [0.29, 0.717) is 24.0 Å². The Hall–Kier alpha value is -1.84. The Kier molecular flexibility index (Phi) is 9.13. The lowest BCUT2D eigenvalue weighted by Crippen LogP contribution is -2.26. The van der Waals surface area contributed by atoms with Crippen LogP contribution in [0.4, 0.5) is 0 Å². The maximum absolute atomic E-state index is 12.8. The van der Waals surface area contributed by atoms with Crippen molar-refractivity contribution in [2.24, 2.45) is 10.8 Å². The number of hydrogen-bond acceptors (Lipinski definition) is 4. The molecular formula is C26H42O4. The van der Waals surface area contributed by atoms with Crippen LogP contribution in [0.15, 0.2) is 34.4 Å². The normalized spacial score (nSPS) is 16.1. The minimum atomic E-state index is -0.419. The number of allylic oxidation sites excluding steroid dienone is 4. The highest BCUT2D eigenvalue weighted by molar-refractivity contribution is 6.01.